The van der Waals surface area contributed by atoms with Gasteiger partial charge in [-0.05, 0) is 17.7 Å². The third-order valence-electron chi connectivity index (χ3n) is 4.13. The van der Waals surface area contributed by atoms with Gasteiger partial charge in [0.15, 0.2) is 0 Å². The van der Waals surface area contributed by atoms with Crippen LogP contribution in [0.1, 0.15) is 25.1 Å². The van der Waals surface area contributed by atoms with Crippen LogP contribution in [0.2, 0.25) is 0 Å². The maximum absolute atomic E-state index is 10.1. The fourth-order valence-corrected chi connectivity index (χ4v) is 3.19. The summed E-state index contributed by atoms with van der Waals surface area (Å²) in [4.78, 5) is 1.39. The number of aliphatic hydroxyl groups excluding tert-OH is 1. The molecule has 2 N–H and O–H groups in total. The SMILES string of the molecule is COC[C@@H](O)C[NH+](Cc1cccn1Cc1ccccc1)CC(C)C. The van der Waals surface area contributed by atoms with E-state index in [0.29, 0.717) is 19.1 Å². The standard InChI is InChI=1S/C20H30N2O2/c1-17(2)12-21(15-20(23)16-24-3)14-19-10-7-11-22(19)13-18-8-5-4-6-9-18/h4-11,17,20,23H,12-16H2,1-3H3/p+1/t20-/m0/s1. The van der Waals surface area contributed by atoms with Crippen LogP contribution in [-0.4, -0.2) is 42.6 Å². The van der Waals surface area contributed by atoms with Gasteiger partial charge in [-0.2, -0.15) is 0 Å². The molecule has 0 aliphatic heterocycles. The Morgan fingerprint density at radius 2 is 1.83 bits per heavy atom. The Bertz CT molecular complexity index is 580. The number of nitrogens with zero attached hydrogens (tertiary/aromatic N) is 1. The highest BCUT2D eigenvalue weighted by Crippen LogP contribution is 2.07. The highest BCUT2D eigenvalue weighted by atomic mass is 16.5. The van der Waals surface area contributed by atoms with Crippen molar-refractivity contribution in [2.24, 2.45) is 5.92 Å². The van der Waals surface area contributed by atoms with Crippen LogP contribution < -0.4 is 4.90 Å². The number of aromatic nitrogens is 1. The maximum atomic E-state index is 10.1. The fraction of sp³-hybridized carbons (Fsp3) is 0.500. The van der Waals surface area contributed by atoms with Crippen LogP contribution in [-0.2, 0) is 17.8 Å². The zero-order valence-electron chi connectivity index (χ0n) is 15.1. The average Bonchev–Trinajstić information content (AvgIpc) is 2.94. The molecule has 0 aliphatic rings. The van der Waals surface area contributed by atoms with E-state index in [-0.39, 0.29) is 0 Å². The zero-order chi connectivity index (χ0) is 17.4. The number of benzene rings is 1. The van der Waals surface area contributed by atoms with Crippen molar-refractivity contribution in [1.82, 2.24) is 4.57 Å². The van der Waals surface area contributed by atoms with E-state index in [9.17, 15) is 5.11 Å². The fourth-order valence-electron chi connectivity index (χ4n) is 3.19. The number of hydrogen-bond donors (Lipinski definition) is 2. The minimum Gasteiger partial charge on any atom is -0.385 e. The largest absolute Gasteiger partial charge is 0.385 e. The Morgan fingerprint density at radius 3 is 2.50 bits per heavy atom. The van der Waals surface area contributed by atoms with E-state index in [4.69, 9.17) is 4.74 Å². The Kier molecular flexibility index (Phi) is 7.50. The lowest BCUT2D eigenvalue weighted by Gasteiger charge is -2.24. The molecule has 0 saturated heterocycles. The molecule has 0 amide bonds. The number of hydrogen-bond acceptors (Lipinski definition) is 2. The highest BCUT2D eigenvalue weighted by molar-refractivity contribution is 5.17. The zero-order valence-corrected chi connectivity index (χ0v) is 15.1. The number of aliphatic hydroxyl groups is 1. The normalized spacial score (nSPS) is 14.0. The van der Waals surface area contributed by atoms with Crippen LogP contribution in [0.15, 0.2) is 48.7 Å². The van der Waals surface area contributed by atoms with Gasteiger partial charge in [0.25, 0.3) is 0 Å². The summed E-state index contributed by atoms with van der Waals surface area (Å²) < 4.78 is 7.38. The Morgan fingerprint density at radius 1 is 1.08 bits per heavy atom. The van der Waals surface area contributed by atoms with Crippen LogP contribution >= 0.6 is 0 Å². The molecule has 0 saturated carbocycles. The van der Waals surface area contributed by atoms with E-state index in [1.807, 2.05) is 6.07 Å². The summed E-state index contributed by atoms with van der Waals surface area (Å²) in [7, 11) is 1.64. The van der Waals surface area contributed by atoms with Gasteiger partial charge < -0.3 is 19.3 Å². The van der Waals surface area contributed by atoms with E-state index in [2.05, 4.69) is 61.0 Å². The molecule has 0 radical (unpaired) electrons. The first-order valence-corrected chi connectivity index (χ1v) is 8.77. The average molecular weight is 331 g/mol. The third-order valence-corrected chi connectivity index (χ3v) is 4.13. The second-order valence-corrected chi connectivity index (χ2v) is 6.95. The number of methoxy groups -OCH3 is 1. The number of quaternary nitrogens is 1. The molecule has 24 heavy (non-hydrogen) atoms. The van der Waals surface area contributed by atoms with Crippen LogP contribution in [0.3, 0.4) is 0 Å². The van der Waals surface area contributed by atoms with Crippen molar-refractivity contribution in [3.63, 3.8) is 0 Å². The van der Waals surface area contributed by atoms with Gasteiger partial charge >= 0.3 is 0 Å². The highest BCUT2D eigenvalue weighted by Gasteiger charge is 2.18. The molecule has 0 bridgehead atoms. The first-order chi connectivity index (χ1) is 11.6. The van der Waals surface area contributed by atoms with Gasteiger partial charge in [-0.25, -0.2) is 0 Å². The number of rotatable bonds is 10. The van der Waals surface area contributed by atoms with Gasteiger partial charge in [0.2, 0.25) is 0 Å². The Labute approximate surface area is 145 Å². The molecule has 1 aromatic carbocycles. The van der Waals surface area contributed by atoms with Crippen LogP contribution in [0, 0.1) is 5.92 Å². The molecule has 4 heteroatoms. The Hall–Kier alpha value is -1.62. The van der Waals surface area contributed by atoms with E-state index >= 15 is 0 Å². The van der Waals surface area contributed by atoms with E-state index in [0.717, 1.165) is 19.6 Å². The van der Waals surface area contributed by atoms with Gasteiger partial charge in [0.05, 0.1) is 18.8 Å². The van der Waals surface area contributed by atoms with Gasteiger partial charge in [0.1, 0.15) is 19.2 Å². The first-order valence-electron chi connectivity index (χ1n) is 8.77. The quantitative estimate of drug-likeness (QED) is 0.694. The van der Waals surface area contributed by atoms with Crippen molar-refractivity contribution in [2.45, 2.75) is 33.0 Å². The molecular weight excluding hydrogens is 300 g/mol. The summed E-state index contributed by atoms with van der Waals surface area (Å²) in [5.41, 5.74) is 2.61. The maximum Gasteiger partial charge on any atom is 0.126 e. The van der Waals surface area contributed by atoms with E-state index in [1.54, 1.807) is 7.11 Å². The number of nitrogens with one attached hydrogen (secondary N) is 1. The van der Waals surface area contributed by atoms with Crippen molar-refractivity contribution in [1.29, 1.82) is 0 Å². The molecule has 0 fully saturated rings. The topological polar surface area (TPSA) is 38.8 Å². The van der Waals surface area contributed by atoms with Crippen molar-refractivity contribution in [2.75, 3.05) is 26.8 Å². The van der Waals surface area contributed by atoms with E-state index < -0.39 is 6.10 Å². The number of ether oxygens (including phenoxy) is 1. The molecule has 132 valence electrons. The summed E-state index contributed by atoms with van der Waals surface area (Å²) in [6.45, 7) is 8.40. The van der Waals surface area contributed by atoms with Crippen LogP contribution in [0.5, 0.6) is 0 Å². The van der Waals surface area contributed by atoms with Gasteiger partial charge in [-0.1, -0.05) is 44.2 Å². The summed E-state index contributed by atoms with van der Waals surface area (Å²) >= 11 is 0. The summed E-state index contributed by atoms with van der Waals surface area (Å²) in [6.07, 6.45) is 1.72. The minimum atomic E-state index is -0.415. The van der Waals surface area contributed by atoms with Crippen molar-refractivity contribution in [3.8, 4) is 0 Å². The van der Waals surface area contributed by atoms with Crippen molar-refractivity contribution in [3.05, 3.63) is 59.9 Å². The smallest absolute Gasteiger partial charge is 0.126 e. The first kappa shape index (κ1) is 18.7. The predicted octanol–water partition coefficient (Wildman–Crippen LogP) is 1.58. The van der Waals surface area contributed by atoms with E-state index in [1.165, 1.54) is 16.2 Å². The van der Waals surface area contributed by atoms with Gasteiger partial charge in [-0.3, -0.25) is 0 Å². The molecule has 2 atom stereocenters. The molecule has 1 aromatic heterocycles. The van der Waals surface area contributed by atoms with Crippen LogP contribution in [0.4, 0.5) is 0 Å². The molecule has 0 spiro atoms. The molecule has 4 nitrogen and oxygen atoms in total. The molecule has 2 rings (SSSR count). The third kappa shape index (κ3) is 6.11. The lowest BCUT2D eigenvalue weighted by Crippen LogP contribution is -3.12. The van der Waals surface area contributed by atoms with Crippen molar-refractivity contribution < 1.29 is 14.7 Å². The summed E-state index contributed by atoms with van der Waals surface area (Å²) in [5, 5.41) is 10.1. The lowest BCUT2D eigenvalue weighted by atomic mass is 10.2. The molecule has 1 unspecified atom stereocenters. The lowest BCUT2D eigenvalue weighted by molar-refractivity contribution is -0.920. The van der Waals surface area contributed by atoms with Gasteiger partial charge in [0, 0.05) is 25.8 Å². The summed E-state index contributed by atoms with van der Waals surface area (Å²) in [6, 6.07) is 14.8. The minimum absolute atomic E-state index is 0.395. The predicted molar refractivity (Wildman–Crippen MR) is 97.1 cm³/mol. The Balaban J connectivity index is 2.04. The monoisotopic (exact) mass is 331 g/mol. The molecule has 0 aliphatic carbocycles. The second-order valence-electron chi connectivity index (χ2n) is 6.95. The van der Waals surface area contributed by atoms with Gasteiger partial charge in [-0.15, -0.1) is 0 Å². The van der Waals surface area contributed by atoms with Crippen molar-refractivity contribution >= 4 is 0 Å². The molecule has 1 heterocycles. The van der Waals surface area contributed by atoms with Crippen LogP contribution in [0.25, 0.3) is 0 Å². The molecular formula is C20H31N2O2+. The molecule has 2 aromatic rings. The second kappa shape index (κ2) is 9.62. The summed E-state index contributed by atoms with van der Waals surface area (Å²) in [5.74, 6) is 0.590.